The van der Waals surface area contributed by atoms with Crippen LogP contribution in [-0.2, 0) is 0 Å². The minimum absolute atomic E-state index is 0.306. The van der Waals surface area contributed by atoms with Gasteiger partial charge in [0, 0.05) is 29.2 Å². The van der Waals surface area contributed by atoms with E-state index in [9.17, 15) is 0 Å². The lowest BCUT2D eigenvalue weighted by Crippen LogP contribution is -2.70. The lowest BCUT2D eigenvalue weighted by molar-refractivity contribution is -0.0620. The highest BCUT2D eigenvalue weighted by atomic mass is 16.5. The number of nitrogens with one attached hydrogen (secondary N) is 1. The van der Waals surface area contributed by atoms with Crippen molar-refractivity contribution in [3.63, 3.8) is 0 Å². The van der Waals surface area contributed by atoms with E-state index >= 15 is 0 Å². The Bertz CT molecular complexity index is 713. The second kappa shape index (κ2) is 5.20. The smallest absolute Gasteiger partial charge is 0.213 e. The first-order valence-corrected chi connectivity index (χ1v) is 8.71. The molecular weight excluding hydrogens is 284 g/mol. The summed E-state index contributed by atoms with van der Waals surface area (Å²) in [5.74, 6) is 1.60. The van der Waals surface area contributed by atoms with Crippen molar-refractivity contribution in [1.29, 1.82) is 0 Å². The number of aromatic nitrogens is 1. The summed E-state index contributed by atoms with van der Waals surface area (Å²) in [6, 6.07) is 10.7. The molecule has 23 heavy (non-hydrogen) atoms. The zero-order valence-corrected chi connectivity index (χ0v) is 14.3. The van der Waals surface area contributed by atoms with Gasteiger partial charge in [-0.2, -0.15) is 0 Å². The Morgan fingerprint density at radius 1 is 1.22 bits per heavy atom. The molecule has 122 valence electrons. The van der Waals surface area contributed by atoms with Gasteiger partial charge in [-0.1, -0.05) is 45.0 Å². The van der Waals surface area contributed by atoms with Crippen LogP contribution in [0, 0.1) is 11.3 Å². The average Bonchev–Trinajstić information content (AvgIpc) is 2.51. The molecule has 1 aliphatic carbocycles. The maximum absolute atomic E-state index is 6.01. The van der Waals surface area contributed by atoms with Crippen LogP contribution in [0.15, 0.2) is 36.5 Å². The van der Waals surface area contributed by atoms with Crippen LogP contribution < -0.4 is 10.1 Å². The minimum atomic E-state index is 0.306. The third-order valence-electron chi connectivity index (χ3n) is 5.85. The Hall–Kier alpha value is -1.61. The summed E-state index contributed by atoms with van der Waals surface area (Å²) in [6.45, 7) is 7.76. The zero-order chi connectivity index (χ0) is 16.1. The molecule has 1 atom stereocenters. The number of fused-ring (bicyclic) bond motifs is 3. The molecule has 2 aliphatic heterocycles. The Kier molecular flexibility index (Phi) is 3.38. The van der Waals surface area contributed by atoms with Crippen molar-refractivity contribution in [3.8, 4) is 5.88 Å². The summed E-state index contributed by atoms with van der Waals surface area (Å²) < 4.78 is 6.01. The van der Waals surface area contributed by atoms with Gasteiger partial charge in [0.25, 0.3) is 0 Å². The number of pyridine rings is 1. The molecule has 1 saturated carbocycles. The van der Waals surface area contributed by atoms with Crippen molar-refractivity contribution >= 4 is 10.8 Å². The van der Waals surface area contributed by atoms with E-state index in [2.05, 4.69) is 49.3 Å². The molecule has 1 N–H and O–H groups in total. The number of ether oxygens (including phenoxy) is 1. The molecule has 5 rings (SSSR count). The quantitative estimate of drug-likeness (QED) is 0.924. The Morgan fingerprint density at radius 3 is 2.70 bits per heavy atom. The summed E-state index contributed by atoms with van der Waals surface area (Å²) in [5, 5.41) is 6.23. The number of hydrogen-bond donors (Lipinski definition) is 1. The fourth-order valence-corrected chi connectivity index (χ4v) is 4.33. The maximum Gasteiger partial charge on any atom is 0.213 e. The van der Waals surface area contributed by atoms with Crippen molar-refractivity contribution < 1.29 is 4.74 Å². The molecule has 2 aromatic rings. The molecule has 1 unspecified atom stereocenters. The summed E-state index contributed by atoms with van der Waals surface area (Å²) in [5.41, 5.74) is 0.615. The van der Waals surface area contributed by atoms with Crippen molar-refractivity contribution in [1.82, 2.24) is 10.3 Å². The first-order valence-electron chi connectivity index (χ1n) is 8.71. The predicted octanol–water partition coefficient (Wildman–Crippen LogP) is 4.17. The second-order valence-electron chi connectivity index (χ2n) is 8.36. The molecule has 0 spiro atoms. The van der Waals surface area contributed by atoms with Crippen LogP contribution in [-0.4, -0.2) is 23.2 Å². The number of nitrogens with zero attached hydrogens (tertiary/aromatic N) is 1. The average molecular weight is 310 g/mol. The van der Waals surface area contributed by atoms with Gasteiger partial charge >= 0.3 is 0 Å². The van der Waals surface area contributed by atoms with E-state index in [1.54, 1.807) is 0 Å². The van der Waals surface area contributed by atoms with Gasteiger partial charge in [0.1, 0.15) is 6.61 Å². The fraction of sp³-hybridized carbons (Fsp3) is 0.550. The molecule has 3 aliphatic rings. The van der Waals surface area contributed by atoms with E-state index < -0.39 is 0 Å². The van der Waals surface area contributed by atoms with Crippen LogP contribution in [0.5, 0.6) is 5.88 Å². The largest absolute Gasteiger partial charge is 0.476 e. The van der Waals surface area contributed by atoms with Crippen LogP contribution >= 0.6 is 0 Å². The van der Waals surface area contributed by atoms with Gasteiger partial charge < -0.3 is 10.1 Å². The van der Waals surface area contributed by atoms with E-state index in [0.29, 0.717) is 23.6 Å². The Morgan fingerprint density at radius 2 is 1.96 bits per heavy atom. The lowest BCUT2D eigenvalue weighted by Gasteiger charge is -2.62. The van der Waals surface area contributed by atoms with E-state index in [1.165, 1.54) is 24.6 Å². The van der Waals surface area contributed by atoms with Gasteiger partial charge in [-0.15, -0.1) is 0 Å². The zero-order valence-electron chi connectivity index (χ0n) is 14.3. The minimum Gasteiger partial charge on any atom is -0.476 e. The van der Waals surface area contributed by atoms with Crippen molar-refractivity contribution in [2.24, 2.45) is 11.3 Å². The van der Waals surface area contributed by atoms with Gasteiger partial charge in [-0.3, -0.25) is 0 Å². The summed E-state index contributed by atoms with van der Waals surface area (Å²) >= 11 is 0. The normalized spacial score (nSPS) is 30.0. The summed E-state index contributed by atoms with van der Waals surface area (Å²) in [6.07, 6.45) is 5.76. The molecule has 2 bridgehead atoms. The molecule has 0 amide bonds. The van der Waals surface area contributed by atoms with Crippen molar-refractivity contribution in [2.75, 3.05) is 6.61 Å². The fourth-order valence-electron chi connectivity index (χ4n) is 4.33. The van der Waals surface area contributed by atoms with Gasteiger partial charge in [-0.25, -0.2) is 4.98 Å². The van der Waals surface area contributed by atoms with Crippen LogP contribution in [0.25, 0.3) is 10.8 Å². The molecule has 3 fully saturated rings. The first kappa shape index (κ1) is 14.9. The standard InChI is InChI=1S/C20H26N2O/c1-19(2,3)20-10-14(11-20)8-17(22-20)13-23-18-9-15-6-4-5-7-16(15)12-21-18/h4-7,9,12,14,17,22H,8,10-11,13H2,1-3H3. The van der Waals surface area contributed by atoms with Gasteiger partial charge in [0.05, 0.1) is 0 Å². The number of piperidine rings is 2. The van der Waals surface area contributed by atoms with Crippen LogP contribution in [0.3, 0.4) is 0 Å². The SMILES string of the molecule is CC(C)(C)C12CC(CC(COc3cc4ccccc4cn3)N1)C2. The van der Waals surface area contributed by atoms with Crippen molar-refractivity contribution in [2.45, 2.75) is 51.6 Å². The predicted molar refractivity (Wildman–Crippen MR) is 93.7 cm³/mol. The maximum atomic E-state index is 6.01. The highest BCUT2D eigenvalue weighted by Gasteiger charge is 2.56. The molecule has 0 radical (unpaired) electrons. The van der Waals surface area contributed by atoms with Crippen molar-refractivity contribution in [3.05, 3.63) is 36.5 Å². The lowest BCUT2D eigenvalue weighted by atomic mass is 9.53. The highest BCUT2D eigenvalue weighted by Crippen LogP contribution is 2.53. The van der Waals surface area contributed by atoms with Crippen LogP contribution in [0.1, 0.15) is 40.0 Å². The van der Waals surface area contributed by atoms with Gasteiger partial charge in [0.2, 0.25) is 5.88 Å². The number of hydrogen-bond acceptors (Lipinski definition) is 3. The van der Waals surface area contributed by atoms with Gasteiger partial charge in [-0.05, 0) is 36.0 Å². The summed E-state index contributed by atoms with van der Waals surface area (Å²) in [7, 11) is 0. The van der Waals surface area contributed by atoms with E-state index in [4.69, 9.17) is 4.74 Å². The Labute approximate surface area is 138 Å². The third kappa shape index (κ3) is 2.61. The van der Waals surface area contributed by atoms with E-state index in [-0.39, 0.29) is 0 Å². The molecule has 2 saturated heterocycles. The van der Waals surface area contributed by atoms with E-state index in [0.717, 1.165) is 17.2 Å². The summed E-state index contributed by atoms with van der Waals surface area (Å²) in [4.78, 5) is 4.44. The monoisotopic (exact) mass is 310 g/mol. The molecular formula is C20H26N2O. The number of rotatable bonds is 3. The topological polar surface area (TPSA) is 34.1 Å². The van der Waals surface area contributed by atoms with Crippen LogP contribution in [0.4, 0.5) is 0 Å². The Balaban J connectivity index is 1.43. The number of benzene rings is 1. The molecule has 3 heteroatoms. The highest BCUT2D eigenvalue weighted by molar-refractivity contribution is 5.82. The molecule has 3 nitrogen and oxygen atoms in total. The second-order valence-corrected chi connectivity index (χ2v) is 8.36. The first-order chi connectivity index (χ1) is 11.0. The van der Waals surface area contributed by atoms with Gasteiger partial charge in [0.15, 0.2) is 0 Å². The van der Waals surface area contributed by atoms with Crippen LogP contribution in [0.2, 0.25) is 0 Å². The molecule has 3 heterocycles. The third-order valence-corrected chi connectivity index (χ3v) is 5.85. The molecule has 1 aromatic heterocycles. The van der Waals surface area contributed by atoms with E-state index in [1.807, 2.05) is 18.3 Å². The molecule has 1 aromatic carbocycles.